The molecule has 1 saturated carbocycles. The minimum atomic E-state index is -0.369. The number of nitro benzene ring substituents is 1. The molecule has 0 aliphatic heterocycles. The van der Waals surface area contributed by atoms with Crippen molar-refractivity contribution in [1.82, 2.24) is 0 Å². The van der Waals surface area contributed by atoms with E-state index in [1.807, 2.05) is 0 Å². The molecule has 1 aromatic rings. The molecule has 104 valence electrons. The molecule has 1 aliphatic rings. The van der Waals surface area contributed by atoms with Crippen LogP contribution in [0.5, 0.6) is 5.75 Å². The molecule has 0 amide bonds. The van der Waals surface area contributed by atoms with Crippen LogP contribution in [-0.4, -0.2) is 18.1 Å². The average Bonchev–Trinajstić information content (AvgIpc) is 2.92. The summed E-state index contributed by atoms with van der Waals surface area (Å²) in [5, 5.41) is 14.4. The molecular formula is C14H20N2O3. The highest BCUT2D eigenvalue weighted by atomic mass is 16.6. The molecule has 1 fully saturated rings. The molecule has 1 aromatic carbocycles. The van der Waals surface area contributed by atoms with Gasteiger partial charge in [-0.15, -0.1) is 0 Å². The van der Waals surface area contributed by atoms with E-state index in [0.717, 1.165) is 0 Å². The van der Waals surface area contributed by atoms with Crippen LogP contribution in [0.15, 0.2) is 18.2 Å². The van der Waals surface area contributed by atoms with Crippen LogP contribution in [0.25, 0.3) is 0 Å². The fourth-order valence-corrected chi connectivity index (χ4v) is 2.73. The normalized spacial score (nSPS) is 17.2. The first-order chi connectivity index (χ1) is 9.11. The molecule has 1 aliphatic carbocycles. The molecule has 19 heavy (non-hydrogen) atoms. The third-order valence-electron chi connectivity index (χ3n) is 3.89. The summed E-state index contributed by atoms with van der Waals surface area (Å²) in [6.07, 6.45) is 4.94. The van der Waals surface area contributed by atoms with Crippen molar-refractivity contribution in [2.75, 3.05) is 12.4 Å². The molecule has 0 bridgehead atoms. The Labute approximate surface area is 113 Å². The number of nitrogens with zero attached hydrogens (tertiary/aromatic N) is 1. The van der Waals surface area contributed by atoms with Crippen molar-refractivity contribution >= 4 is 11.4 Å². The molecule has 5 nitrogen and oxygen atoms in total. The summed E-state index contributed by atoms with van der Waals surface area (Å²) in [5.41, 5.74) is 0.648. The van der Waals surface area contributed by atoms with Gasteiger partial charge in [-0.2, -0.15) is 0 Å². The Morgan fingerprint density at radius 2 is 2.11 bits per heavy atom. The zero-order chi connectivity index (χ0) is 13.8. The maximum Gasteiger partial charge on any atom is 0.296 e. The van der Waals surface area contributed by atoms with Gasteiger partial charge in [0.25, 0.3) is 5.69 Å². The van der Waals surface area contributed by atoms with Gasteiger partial charge in [-0.1, -0.05) is 12.8 Å². The zero-order valence-electron chi connectivity index (χ0n) is 11.4. The number of hydrogen-bond donors (Lipinski definition) is 1. The lowest BCUT2D eigenvalue weighted by molar-refractivity contribution is -0.384. The van der Waals surface area contributed by atoms with Crippen molar-refractivity contribution < 1.29 is 9.66 Å². The fraction of sp³-hybridized carbons (Fsp3) is 0.571. The summed E-state index contributed by atoms with van der Waals surface area (Å²) < 4.78 is 5.03. The second-order valence-electron chi connectivity index (χ2n) is 5.12. The monoisotopic (exact) mass is 264 g/mol. The van der Waals surface area contributed by atoms with Crippen LogP contribution < -0.4 is 10.1 Å². The molecule has 0 saturated heterocycles. The van der Waals surface area contributed by atoms with Crippen LogP contribution >= 0.6 is 0 Å². The van der Waals surface area contributed by atoms with Crippen molar-refractivity contribution in [2.24, 2.45) is 5.92 Å². The quantitative estimate of drug-likeness (QED) is 0.652. The van der Waals surface area contributed by atoms with E-state index in [1.54, 1.807) is 12.1 Å². The predicted molar refractivity (Wildman–Crippen MR) is 74.7 cm³/mol. The summed E-state index contributed by atoms with van der Waals surface area (Å²) in [4.78, 5) is 10.7. The standard InChI is InChI=1S/C14H20N2O3/c1-10(11-5-3-4-6-11)15-13-8-7-12(19-2)9-14(13)16(17)18/h7-11,15H,3-6H2,1-2H3. The highest BCUT2D eigenvalue weighted by Gasteiger charge is 2.24. The largest absolute Gasteiger partial charge is 0.496 e. The van der Waals surface area contributed by atoms with E-state index in [9.17, 15) is 10.1 Å². The van der Waals surface area contributed by atoms with E-state index in [1.165, 1.54) is 38.9 Å². The zero-order valence-corrected chi connectivity index (χ0v) is 11.4. The molecule has 0 heterocycles. The third kappa shape index (κ3) is 3.16. The molecular weight excluding hydrogens is 244 g/mol. The summed E-state index contributed by atoms with van der Waals surface area (Å²) in [5.74, 6) is 1.12. The molecule has 1 N–H and O–H groups in total. The number of methoxy groups -OCH3 is 1. The van der Waals surface area contributed by atoms with E-state index < -0.39 is 0 Å². The molecule has 1 unspecified atom stereocenters. The molecule has 0 radical (unpaired) electrons. The lowest BCUT2D eigenvalue weighted by Gasteiger charge is -2.21. The van der Waals surface area contributed by atoms with Crippen LogP contribution in [0.4, 0.5) is 11.4 Å². The second kappa shape index (κ2) is 5.91. The van der Waals surface area contributed by atoms with Gasteiger partial charge in [0.05, 0.1) is 18.1 Å². The summed E-state index contributed by atoms with van der Waals surface area (Å²) in [7, 11) is 1.51. The highest BCUT2D eigenvalue weighted by molar-refractivity contribution is 5.64. The lowest BCUT2D eigenvalue weighted by Crippen LogP contribution is -2.24. The van der Waals surface area contributed by atoms with Gasteiger partial charge in [0.15, 0.2) is 0 Å². The van der Waals surface area contributed by atoms with E-state index in [-0.39, 0.29) is 16.7 Å². The first kappa shape index (κ1) is 13.6. The summed E-state index contributed by atoms with van der Waals surface area (Å²) in [6.45, 7) is 2.10. The van der Waals surface area contributed by atoms with Gasteiger partial charge < -0.3 is 10.1 Å². The first-order valence-corrected chi connectivity index (χ1v) is 6.71. The molecule has 0 spiro atoms. The van der Waals surface area contributed by atoms with Crippen LogP contribution in [0.1, 0.15) is 32.6 Å². The van der Waals surface area contributed by atoms with Gasteiger partial charge in [-0.05, 0) is 37.8 Å². The molecule has 2 rings (SSSR count). The van der Waals surface area contributed by atoms with E-state index in [2.05, 4.69) is 12.2 Å². The number of nitrogens with one attached hydrogen (secondary N) is 1. The van der Waals surface area contributed by atoms with Crippen LogP contribution in [0.3, 0.4) is 0 Å². The molecule has 1 atom stereocenters. The van der Waals surface area contributed by atoms with Crippen LogP contribution in [-0.2, 0) is 0 Å². The van der Waals surface area contributed by atoms with Gasteiger partial charge in [-0.25, -0.2) is 0 Å². The van der Waals surface area contributed by atoms with Gasteiger partial charge >= 0.3 is 0 Å². The topological polar surface area (TPSA) is 64.4 Å². The van der Waals surface area contributed by atoms with E-state index in [0.29, 0.717) is 17.4 Å². The Morgan fingerprint density at radius 3 is 2.68 bits per heavy atom. The number of ether oxygens (including phenoxy) is 1. The van der Waals surface area contributed by atoms with Crippen molar-refractivity contribution in [2.45, 2.75) is 38.6 Å². The molecule has 5 heteroatoms. The number of nitro groups is 1. The summed E-state index contributed by atoms with van der Waals surface area (Å²) in [6, 6.07) is 5.19. The SMILES string of the molecule is COc1ccc(NC(C)C2CCCC2)c([N+](=O)[O-])c1. The highest BCUT2D eigenvalue weighted by Crippen LogP contribution is 2.33. The minimum absolute atomic E-state index is 0.0733. The second-order valence-corrected chi connectivity index (χ2v) is 5.12. The predicted octanol–water partition coefficient (Wildman–Crippen LogP) is 3.59. The maximum atomic E-state index is 11.1. The van der Waals surface area contributed by atoms with E-state index >= 15 is 0 Å². The van der Waals surface area contributed by atoms with Crippen LogP contribution in [0, 0.1) is 16.0 Å². The summed E-state index contributed by atoms with van der Waals surface area (Å²) >= 11 is 0. The number of benzene rings is 1. The third-order valence-corrected chi connectivity index (χ3v) is 3.89. The van der Waals surface area contributed by atoms with Gasteiger partial charge in [0.1, 0.15) is 11.4 Å². The Bertz CT molecular complexity index is 456. The fourth-order valence-electron chi connectivity index (χ4n) is 2.73. The minimum Gasteiger partial charge on any atom is -0.496 e. The number of anilines is 1. The lowest BCUT2D eigenvalue weighted by atomic mass is 9.99. The Morgan fingerprint density at radius 1 is 1.42 bits per heavy atom. The first-order valence-electron chi connectivity index (χ1n) is 6.71. The Hall–Kier alpha value is -1.78. The van der Waals surface area contributed by atoms with Gasteiger partial charge in [0, 0.05) is 6.04 Å². The van der Waals surface area contributed by atoms with E-state index in [4.69, 9.17) is 4.74 Å². The van der Waals surface area contributed by atoms with Crippen LogP contribution in [0.2, 0.25) is 0 Å². The number of hydrogen-bond acceptors (Lipinski definition) is 4. The Kier molecular flexibility index (Phi) is 4.24. The van der Waals surface area contributed by atoms with Gasteiger partial charge in [-0.3, -0.25) is 10.1 Å². The Balaban J connectivity index is 2.16. The van der Waals surface area contributed by atoms with Crippen molar-refractivity contribution in [3.63, 3.8) is 0 Å². The van der Waals surface area contributed by atoms with Crippen molar-refractivity contribution in [1.29, 1.82) is 0 Å². The van der Waals surface area contributed by atoms with Crippen molar-refractivity contribution in [3.05, 3.63) is 28.3 Å². The number of rotatable bonds is 5. The average molecular weight is 264 g/mol. The van der Waals surface area contributed by atoms with Crippen molar-refractivity contribution in [3.8, 4) is 5.75 Å². The maximum absolute atomic E-state index is 11.1. The smallest absolute Gasteiger partial charge is 0.296 e. The van der Waals surface area contributed by atoms with Gasteiger partial charge in [0.2, 0.25) is 0 Å². The molecule has 0 aromatic heterocycles.